The number of ketones is 1. The van der Waals surface area contributed by atoms with Gasteiger partial charge in [0.1, 0.15) is 0 Å². The summed E-state index contributed by atoms with van der Waals surface area (Å²) in [5.74, 6) is -0.0406. The standard InChI is InChI=1S/C15H8BrNO3S/c16-11-6-5-9(7-12(11)17(19)20)8-14-15(18)10-3-1-2-4-13(10)21-14/h1-8H. The van der Waals surface area contributed by atoms with Crippen LogP contribution in [-0.2, 0) is 0 Å². The molecule has 0 N–H and O–H groups in total. The van der Waals surface area contributed by atoms with E-state index in [1.807, 2.05) is 18.2 Å². The monoisotopic (exact) mass is 361 g/mol. The Morgan fingerprint density at radius 2 is 1.95 bits per heavy atom. The highest BCUT2D eigenvalue weighted by atomic mass is 79.9. The Labute approximate surface area is 133 Å². The molecule has 1 aliphatic heterocycles. The van der Waals surface area contributed by atoms with Crippen molar-refractivity contribution in [2.45, 2.75) is 4.90 Å². The fourth-order valence-corrected chi connectivity index (χ4v) is 3.49. The van der Waals surface area contributed by atoms with E-state index >= 15 is 0 Å². The Morgan fingerprint density at radius 3 is 2.67 bits per heavy atom. The Morgan fingerprint density at radius 1 is 1.19 bits per heavy atom. The van der Waals surface area contributed by atoms with Crippen molar-refractivity contribution >= 4 is 45.2 Å². The lowest BCUT2D eigenvalue weighted by atomic mass is 10.1. The van der Waals surface area contributed by atoms with Crippen LogP contribution in [0.25, 0.3) is 6.08 Å². The van der Waals surface area contributed by atoms with Gasteiger partial charge in [-0.2, -0.15) is 0 Å². The van der Waals surface area contributed by atoms with Crippen LogP contribution >= 0.6 is 27.7 Å². The van der Waals surface area contributed by atoms with Gasteiger partial charge in [-0.25, -0.2) is 0 Å². The van der Waals surface area contributed by atoms with Gasteiger partial charge < -0.3 is 0 Å². The first-order chi connectivity index (χ1) is 10.1. The maximum Gasteiger partial charge on any atom is 0.284 e. The molecule has 6 heteroatoms. The molecule has 0 fully saturated rings. The van der Waals surface area contributed by atoms with E-state index in [-0.39, 0.29) is 11.5 Å². The van der Waals surface area contributed by atoms with Crippen molar-refractivity contribution in [1.29, 1.82) is 0 Å². The molecule has 3 rings (SSSR count). The lowest BCUT2D eigenvalue weighted by molar-refractivity contribution is -0.385. The van der Waals surface area contributed by atoms with Crippen molar-refractivity contribution in [1.82, 2.24) is 0 Å². The maximum absolute atomic E-state index is 12.3. The van der Waals surface area contributed by atoms with Crippen LogP contribution < -0.4 is 0 Å². The largest absolute Gasteiger partial charge is 0.288 e. The number of fused-ring (bicyclic) bond motifs is 1. The molecule has 1 heterocycles. The molecule has 0 saturated heterocycles. The van der Waals surface area contributed by atoms with Gasteiger partial charge in [-0.3, -0.25) is 14.9 Å². The van der Waals surface area contributed by atoms with Crippen molar-refractivity contribution in [3.63, 3.8) is 0 Å². The Kier molecular flexibility index (Phi) is 3.65. The summed E-state index contributed by atoms with van der Waals surface area (Å²) in [6, 6.07) is 12.2. The van der Waals surface area contributed by atoms with Gasteiger partial charge in [-0.15, -0.1) is 0 Å². The number of allylic oxidation sites excluding steroid dienone is 1. The predicted molar refractivity (Wildman–Crippen MR) is 85.4 cm³/mol. The second kappa shape index (κ2) is 5.46. The van der Waals surface area contributed by atoms with Gasteiger partial charge in [-0.1, -0.05) is 30.0 Å². The molecule has 2 aromatic rings. The molecule has 0 aromatic heterocycles. The number of thioether (sulfide) groups is 1. The second-order valence-corrected chi connectivity index (χ2v) is 6.34. The molecular formula is C15H8BrNO3S. The number of benzene rings is 2. The summed E-state index contributed by atoms with van der Waals surface area (Å²) < 4.78 is 0.420. The fraction of sp³-hybridized carbons (Fsp3) is 0. The number of halogens is 1. The highest BCUT2D eigenvalue weighted by molar-refractivity contribution is 9.10. The first kappa shape index (κ1) is 14.0. The van der Waals surface area contributed by atoms with Crippen molar-refractivity contribution in [3.8, 4) is 0 Å². The van der Waals surface area contributed by atoms with Gasteiger partial charge in [0.15, 0.2) is 0 Å². The van der Waals surface area contributed by atoms with Gasteiger partial charge in [0, 0.05) is 16.5 Å². The third kappa shape index (κ3) is 2.64. The van der Waals surface area contributed by atoms with Crippen molar-refractivity contribution in [2.24, 2.45) is 0 Å². The molecule has 0 spiro atoms. The zero-order valence-electron chi connectivity index (χ0n) is 10.6. The number of nitro benzene ring substituents is 1. The summed E-state index contributed by atoms with van der Waals surface area (Å²) in [4.78, 5) is 24.2. The van der Waals surface area contributed by atoms with E-state index in [9.17, 15) is 14.9 Å². The summed E-state index contributed by atoms with van der Waals surface area (Å²) in [7, 11) is 0. The Bertz CT molecular complexity index is 801. The van der Waals surface area contributed by atoms with Crippen molar-refractivity contribution in [2.75, 3.05) is 0 Å². The van der Waals surface area contributed by atoms with E-state index in [0.717, 1.165) is 4.90 Å². The van der Waals surface area contributed by atoms with Crippen LogP contribution in [-0.4, -0.2) is 10.7 Å². The number of rotatable bonds is 2. The first-order valence-corrected chi connectivity index (χ1v) is 7.64. The van der Waals surface area contributed by atoms with Crippen LogP contribution in [0.2, 0.25) is 0 Å². The Balaban J connectivity index is 2.00. The normalized spacial score (nSPS) is 15.3. The molecule has 0 aliphatic carbocycles. The van der Waals surface area contributed by atoms with Gasteiger partial charge in [0.05, 0.1) is 14.3 Å². The molecule has 1 aliphatic rings. The molecule has 104 valence electrons. The van der Waals surface area contributed by atoms with Gasteiger partial charge in [-0.05, 0) is 45.8 Å². The molecule has 0 saturated carbocycles. The highest BCUT2D eigenvalue weighted by Gasteiger charge is 2.25. The average Bonchev–Trinajstić information content (AvgIpc) is 2.78. The molecule has 2 aromatic carbocycles. The molecule has 0 radical (unpaired) electrons. The lowest BCUT2D eigenvalue weighted by Crippen LogP contribution is -1.94. The van der Waals surface area contributed by atoms with E-state index < -0.39 is 4.92 Å². The minimum atomic E-state index is -0.454. The summed E-state index contributed by atoms with van der Waals surface area (Å²) in [6.45, 7) is 0. The first-order valence-electron chi connectivity index (χ1n) is 6.03. The summed E-state index contributed by atoms with van der Waals surface area (Å²) >= 11 is 4.53. The summed E-state index contributed by atoms with van der Waals surface area (Å²) in [5, 5.41) is 10.9. The zero-order valence-corrected chi connectivity index (χ0v) is 13.0. The van der Waals surface area contributed by atoms with E-state index in [4.69, 9.17) is 0 Å². The maximum atomic E-state index is 12.3. The second-order valence-electron chi connectivity index (χ2n) is 4.40. The summed E-state index contributed by atoms with van der Waals surface area (Å²) in [6.07, 6.45) is 1.69. The Hall–Kier alpha value is -1.92. The lowest BCUT2D eigenvalue weighted by Gasteiger charge is -1.99. The minimum absolute atomic E-state index is 0.0164. The molecule has 0 unspecified atom stereocenters. The molecule has 0 atom stereocenters. The zero-order chi connectivity index (χ0) is 15.0. The third-order valence-corrected chi connectivity index (χ3v) is 4.81. The van der Waals surface area contributed by atoms with Crippen LogP contribution in [0.1, 0.15) is 15.9 Å². The number of carbonyl (C=O) groups excluding carboxylic acids is 1. The molecule has 21 heavy (non-hydrogen) atoms. The number of Topliss-reactive ketones (excluding diaryl/α,β-unsaturated/α-hetero) is 1. The van der Waals surface area contributed by atoms with Crippen molar-refractivity contribution < 1.29 is 9.72 Å². The number of hydrogen-bond donors (Lipinski definition) is 0. The van der Waals surface area contributed by atoms with E-state index in [0.29, 0.717) is 20.5 Å². The van der Waals surface area contributed by atoms with Gasteiger partial charge in [0.2, 0.25) is 5.78 Å². The predicted octanol–water partition coefficient (Wildman–Crippen LogP) is 4.69. The quantitative estimate of drug-likeness (QED) is 0.442. The smallest absolute Gasteiger partial charge is 0.284 e. The van der Waals surface area contributed by atoms with Crippen molar-refractivity contribution in [3.05, 3.63) is 73.1 Å². The highest BCUT2D eigenvalue weighted by Crippen LogP contribution is 2.40. The fourth-order valence-electron chi connectivity index (χ4n) is 2.05. The van der Waals surface area contributed by atoms with Crippen LogP contribution in [0.4, 0.5) is 5.69 Å². The topological polar surface area (TPSA) is 60.2 Å². The van der Waals surface area contributed by atoms with Gasteiger partial charge in [0.25, 0.3) is 5.69 Å². The summed E-state index contributed by atoms with van der Waals surface area (Å²) in [5.41, 5.74) is 1.30. The minimum Gasteiger partial charge on any atom is -0.288 e. The van der Waals surface area contributed by atoms with E-state index in [1.54, 1.807) is 24.3 Å². The van der Waals surface area contributed by atoms with E-state index in [2.05, 4.69) is 15.9 Å². The number of hydrogen-bond acceptors (Lipinski definition) is 4. The van der Waals surface area contributed by atoms with Crippen LogP contribution in [0.5, 0.6) is 0 Å². The molecule has 4 nitrogen and oxygen atoms in total. The van der Waals surface area contributed by atoms with Gasteiger partial charge >= 0.3 is 0 Å². The van der Waals surface area contributed by atoms with Crippen LogP contribution in [0, 0.1) is 10.1 Å². The van der Waals surface area contributed by atoms with Crippen LogP contribution in [0.3, 0.4) is 0 Å². The number of carbonyl (C=O) groups is 1. The average molecular weight is 362 g/mol. The molecule has 0 bridgehead atoms. The third-order valence-electron chi connectivity index (χ3n) is 3.04. The number of nitrogens with zero attached hydrogens (tertiary/aromatic N) is 1. The number of nitro groups is 1. The molecule has 0 amide bonds. The van der Waals surface area contributed by atoms with E-state index in [1.165, 1.54) is 17.8 Å². The molecular weight excluding hydrogens is 354 g/mol. The SMILES string of the molecule is O=C1C(=Cc2ccc(Br)c([N+](=O)[O-])c2)Sc2ccccc21. The van der Waals surface area contributed by atoms with Crippen LogP contribution in [0.15, 0.2) is 56.7 Å².